The van der Waals surface area contributed by atoms with Crippen LogP contribution >= 0.6 is 0 Å². The largest absolute Gasteiger partial charge is 0.336 e. The van der Waals surface area contributed by atoms with E-state index in [0.29, 0.717) is 12.5 Å². The Labute approximate surface area is 109 Å². The lowest BCUT2D eigenvalue weighted by Crippen LogP contribution is -2.32. The average Bonchev–Trinajstić information content (AvgIpc) is 2.47. The zero-order chi connectivity index (χ0) is 13.2. The summed E-state index contributed by atoms with van der Waals surface area (Å²) in [5.41, 5.74) is 1.81. The molecule has 0 fully saturated rings. The van der Waals surface area contributed by atoms with Crippen molar-refractivity contribution in [1.82, 2.24) is 15.0 Å². The predicted molar refractivity (Wildman–Crippen MR) is 67.7 cm³/mol. The maximum Gasteiger partial charge on any atom is 0.287 e. The van der Waals surface area contributed by atoms with E-state index < -0.39 is 4.92 Å². The number of rotatable bonds is 2. The van der Waals surface area contributed by atoms with Gasteiger partial charge in [-0.05, 0) is 11.6 Å². The molecule has 3 rings (SSSR count). The SMILES string of the molecule is O=[N+]([O-])c1cnc2c(c1)CN(c1ncccn1)CC2. The standard InChI is InChI=1S/C12H11N5O2/c18-17(19)10-6-9-8-16(5-2-11(9)15-7-10)12-13-3-1-4-14-12/h1,3-4,6-7H,2,5,8H2. The number of aromatic nitrogens is 3. The Hall–Kier alpha value is -2.57. The maximum absolute atomic E-state index is 10.8. The molecule has 19 heavy (non-hydrogen) atoms. The van der Waals surface area contributed by atoms with Gasteiger partial charge in [-0.1, -0.05) is 0 Å². The van der Waals surface area contributed by atoms with E-state index >= 15 is 0 Å². The van der Waals surface area contributed by atoms with E-state index in [2.05, 4.69) is 15.0 Å². The van der Waals surface area contributed by atoms with E-state index in [1.165, 1.54) is 6.20 Å². The van der Waals surface area contributed by atoms with Crippen LogP contribution in [-0.2, 0) is 13.0 Å². The summed E-state index contributed by atoms with van der Waals surface area (Å²) in [7, 11) is 0. The first-order chi connectivity index (χ1) is 9.24. The quantitative estimate of drug-likeness (QED) is 0.596. The Balaban J connectivity index is 1.90. The molecule has 1 aliphatic rings. The molecule has 0 unspecified atom stereocenters. The van der Waals surface area contributed by atoms with E-state index in [1.54, 1.807) is 24.5 Å². The minimum Gasteiger partial charge on any atom is -0.336 e. The summed E-state index contributed by atoms with van der Waals surface area (Å²) in [4.78, 5) is 24.9. The van der Waals surface area contributed by atoms with Crippen LogP contribution in [-0.4, -0.2) is 26.4 Å². The van der Waals surface area contributed by atoms with Gasteiger partial charge in [0.15, 0.2) is 0 Å². The molecule has 0 atom stereocenters. The van der Waals surface area contributed by atoms with Crippen molar-refractivity contribution in [3.63, 3.8) is 0 Å². The van der Waals surface area contributed by atoms with Gasteiger partial charge in [0.25, 0.3) is 5.69 Å². The molecule has 0 saturated heterocycles. The number of fused-ring (bicyclic) bond motifs is 1. The second-order valence-corrected chi connectivity index (χ2v) is 4.28. The Bertz CT molecular complexity index is 617. The van der Waals surface area contributed by atoms with Crippen molar-refractivity contribution in [2.24, 2.45) is 0 Å². The third-order valence-corrected chi connectivity index (χ3v) is 3.07. The number of hydrogen-bond donors (Lipinski definition) is 0. The van der Waals surface area contributed by atoms with Crippen molar-refractivity contribution in [3.8, 4) is 0 Å². The third kappa shape index (κ3) is 2.22. The van der Waals surface area contributed by atoms with E-state index in [-0.39, 0.29) is 5.69 Å². The van der Waals surface area contributed by atoms with E-state index in [9.17, 15) is 10.1 Å². The number of hydrogen-bond acceptors (Lipinski definition) is 6. The predicted octanol–water partition coefficient (Wildman–Crippen LogP) is 1.34. The molecule has 0 saturated carbocycles. The van der Waals surface area contributed by atoms with Gasteiger partial charge < -0.3 is 4.90 Å². The molecule has 0 radical (unpaired) electrons. The Morgan fingerprint density at radius 3 is 2.79 bits per heavy atom. The van der Waals surface area contributed by atoms with Crippen molar-refractivity contribution in [1.29, 1.82) is 0 Å². The molecule has 0 spiro atoms. The lowest BCUT2D eigenvalue weighted by atomic mass is 10.1. The first kappa shape index (κ1) is 11.5. The van der Waals surface area contributed by atoms with Gasteiger partial charge in [-0.25, -0.2) is 9.97 Å². The Morgan fingerprint density at radius 1 is 1.26 bits per heavy atom. The van der Waals surface area contributed by atoms with Crippen LogP contribution < -0.4 is 4.90 Å². The number of pyridine rings is 1. The number of nitrogens with zero attached hydrogens (tertiary/aromatic N) is 5. The van der Waals surface area contributed by atoms with Crippen molar-refractivity contribution >= 4 is 11.6 Å². The minimum absolute atomic E-state index is 0.0228. The van der Waals surface area contributed by atoms with Crippen LogP contribution in [0.1, 0.15) is 11.3 Å². The maximum atomic E-state index is 10.8. The summed E-state index contributed by atoms with van der Waals surface area (Å²) in [5.74, 6) is 0.639. The molecule has 2 aromatic rings. The van der Waals surface area contributed by atoms with Gasteiger partial charge in [-0.15, -0.1) is 0 Å². The Kier molecular flexibility index (Phi) is 2.79. The van der Waals surface area contributed by atoms with Crippen LogP contribution in [0.3, 0.4) is 0 Å². The summed E-state index contributed by atoms with van der Waals surface area (Å²) in [6.45, 7) is 1.32. The molecular weight excluding hydrogens is 246 g/mol. The zero-order valence-corrected chi connectivity index (χ0v) is 10.1. The smallest absolute Gasteiger partial charge is 0.287 e. The monoisotopic (exact) mass is 257 g/mol. The fraction of sp³-hybridized carbons (Fsp3) is 0.250. The molecule has 2 aromatic heterocycles. The molecule has 3 heterocycles. The van der Waals surface area contributed by atoms with Crippen LogP contribution in [0.2, 0.25) is 0 Å². The first-order valence-electron chi connectivity index (χ1n) is 5.88. The molecular formula is C12H11N5O2. The van der Waals surface area contributed by atoms with Crippen LogP contribution in [0.25, 0.3) is 0 Å². The summed E-state index contributed by atoms with van der Waals surface area (Å²) >= 11 is 0. The Morgan fingerprint density at radius 2 is 2.05 bits per heavy atom. The number of anilines is 1. The van der Waals surface area contributed by atoms with Crippen molar-refractivity contribution in [2.45, 2.75) is 13.0 Å². The second kappa shape index (κ2) is 4.60. The lowest BCUT2D eigenvalue weighted by Gasteiger charge is -2.27. The zero-order valence-electron chi connectivity index (χ0n) is 10.1. The third-order valence-electron chi connectivity index (χ3n) is 3.07. The summed E-state index contributed by atoms with van der Waals surface area (Å²) < 4.78 is 0. The highest BCUT2D eigenvalue weighted by molar-refractivity contribution is 5.41. The molecule has 0 aromatic carbocycles. The van der Waals surface area contributed by atoms with Gasteiger partial charge in [-0.3, -0.25) is 15.1 Å². The van der Waals surface area contributed by atoms with Gasteiger partial charge in [0, 0.05) is 43.7 Å². The molecule has 7 heteroatoms. The average molecular weight is 257 g/mol. The lowest BCUT2D eigenvalue weighted by molar-refractivity contribution is -0.385. The topological polar surface area (TPSA) is 85.0 Å². The fourth-order valence-electron chi connectivity index (χ4n) is 2.14. The van der Waals surface area contributed by atoms with Gasteiger partial charge >= 0.3 is 0 Å². The summed E-state index contributed by atoms with van der Waals surface area (Å²) in [6.07, 6.45) is 5.42. The molecule has 0 amide bonds. The van der Waals surface area contributed by atoms with Crippen LogP contribution in [0.4, 0.5) is 11.6 Å². The highest BCUT2D eigenvalue weighted by atomic mass is 16.6. The van der Waals surface area contributed by atoms with Gasteiger partial charge in [0.1, 0.15) is 6.20 Å². The molecule has 0 bridgehead atoms. The minimum atomic E-state index is -0.425. The van der Waals surface area contributed by atoms with E-state index in [1.807, 2.05) is 4.90 Å². The highest BCUT2D eigenvalue weighted by Crippen LogP contribution is 2.23. The number of nitro groups is 1. The van der Waals surface area contributed by atoms with Gasteiger partial charge in [-0.2, -0.15) is 0 Å². The van der Waals surface area contributed by atoms with Gasteiger partial charge in [0.2, 0.25) is 5.95 Å². The fourth-order valence-corrected chi connectivity index (χ4v) is 2.14. The van der Waals surface area contributed by atoms with Crippen LogP contribution in [0.5, 0.6) is 0 Å². The van der Waals surface area contributed by atoms with Crippen molar-refractivity contribution < 1.29 is 4.92 Å². The van der Waals surface area contributed by atoms with E-state index in [4.69, 9.17) is 0 Å². The molecule has 1 aliphatic heterocycles. The van der Waals surface area contributed by atoms with Crippen molar-refractivity contribution in [2.75, 3.05) is 11.4 Å². The molecule has 7 nitrogen and oxygen atoms in total. The van der Waals surface area contributed by atoms with Crippen LogP contribution in [0.15, 0.2) is 30.7 Å². The summed E-state index contributed by atoms with van der Waals surface area (Å²) in [5, 5.41) is 10.8. The van der Waals surface area contributed by atoms with Crippen molar-refractivity contribution in [3.05, 3.63) is 52.1 Å². The van der Waals surface area contributed by atoms with E-state index in [0.717, 1.165) is 24.2 Å². The normalized spacial score (nSPS) is 14.0. The summed E-state index contributed by atoms with van der Waals surface area (Å²) in [6, 6.07) is 3.34. The molecule has 0 aliphatic carbocycles. The van der Waals surface area contributed by atoms with Gasteiger partial charge in [0.05, 0.1) is 4.92 Å². The molecule has 0 N–H and O–H groups in total. The molecule has 96 valence electrons. The first-order valence-corrected chi connectivity index (χ1v) is 5.88. The van der Waals surface area contributed by atoms with Crippen LogP contribution in [0, 0.1) is 10.1 Å². The second-order valence-electron chi connectivity index (χ2n) is 4.28. The highest BCUT2D eigenvalue weighted by Gasteiger charge is 2.21.